The lowest BCUT2D eigenvalue weighted by Gasteiger charge is -2.29. The molecule has 0 fully saturated rings. The van der Waals surface area contributed by atoms with Gasteiger partial charge in [-0.1, -0.05) is 30.3 Å². The summed E-state index contributed by atoms with van der Waals surface area (Å²) in [6, 6.07) is 9.65. The van der Waals surface area contributed by atoms with Gasteiger partial charge in [0.15, 0.2) is 14.9 Å². The fourth-order valence-corrected chi connectivity index (χ4v) is 3.52. The standard InChI is InChI=1S/C13H16N2O2S2/c1-14-13(18)15(9-11-5-3-2-4-6-11)12-7-8-19(16,17)10-12/h2-8,12H,9-10H2,1H3,(H,14,18)/t12-/m0/s1. The summed E-state index contributed by atoms with van der Waals surface area (Å²) in [6.07, 6.45) is 1.70. The zero-order valence-corrected chi connectivity index (χ0v) is 12.2. The molecule has 0 aromatic heterocycles. The maximum absolute atomic E-state index is 11.5. The van der Waals surface area contributed by atoms with E-state index in [-0.39, 0.29) is 11.8 Å². The van der Waals surface area contributed by atoms with Crippen molar-refractivity contribution >= 4 is 27.2 Å². The Hall–Kier alpha value is -1.40. The van der Waals surface area contributed by atoms with Gasteiger partial charge in [-0.3, -0.25) is 0 Å². The molecule has 19 heavy (non-hydrogen) atoms. The van der Waals surface area contributed by atoms with E-state index in [4.69, 9.17) is 12.2 Å². The van der Waals surface area contributed by atoms with E-state index in [1.54, 1.807) is 13.1 Å². The summed E-state index contributed by atoms with van der Waals surface area (Å²) in [5.41, 5.74) is 1.10. The topological polar surface area (TPSA) is 49.4 Å². The van der Waals surface area contributed by atoms with E-state index in [2.05, 4.69) is 5.32 Å². The Balaban J connectivity index is 2.18. The van der Waals surface area contributed by atoms with Gasteiger partial charge in [0.2, 0.25) is 0 Å². The molecule has 0 amide bonds. The molecule has 0 radical (unpaired) electrons. The molecule has 0 unspecified atom stereocenters. The van der Waals surface area contributed by atoms with Crippen LogP contribution < -0.4 is 5.32 Å². The highest BCUT2D eigenvalue weighted by Crippen LogP contribution is 2.17. The first kappa shape index (κ1) is 14.0. The van der Waals surface area contributed by atoms with Gasteiger partial charge >= 0.3 is 0 Å². The largest absolute Gasteiger partial charge is 0.366 e. The molecule has 1 aromatic carbocycles. The smallest absolute Gasteiger partial charge is 0.173 e. The van der Waals surface area contributed by atoms with Gasteiger partial charge in [0.1, 0.15) is 0 Å². The Morgan fingerprint density at radius 3 is 2.63 bits per heavy atom. The minimum absolute atomic E-state index is 0.0850. The third kappa shape index (κ3) is 3.54. The first-order valence-electron chi connectivity index (χ1n) is 5.95. The molecule has 1 N–H and O–H groups in total. The number of nitrogens with zero attached hydrogens (tertiary/aromatic N) is 1. The van der Waals surface area contributed by atoms with Gasteiger partial charge < -0.3 is 10.2 Å². The summed E-state index contributed by atoms with van der Waals surface area (Å²) in [7, 11) is -1.34. The van der Waals surface area contributed by atoms with E-state index in [1.165, 1.54) is 5.41 Å². The molecule has 2 rings (SSSR count). The van der Waals surface area contributed by atoms with Crippen LogP contribution in [0.1, 0.15) is 5.56 Å². The van der Waals surface area contributed by atoms with Gasteiger partial charge in [-0.25, -0.2) is 8.42 Å². The van der Waals surface area contributed by atoms with Crippen LogP contribution in [0.5, 0.6) is 0 Å². The van der Waals surface area contributed by atoms with Gasteiger partial charge in [0, 0.05) is 19.0 Å². The van der Waals surface area contributed by atoms with Crippen molar-refractivity contribution in [3.8, 4) is 0 Å². The normalized spacial score (nSPS) is 20.2. The average molecular weight is 296 g/mol. The molecule has 1 aliphatic heterocycles. The number of nitrogens with one attached hydrogen (secondary N) is 1. The Kier molecular flexibility index (Phi) is 4.21. The SMILES string of the molecule is CNC(=S)N(Cc1ccccc1)[C@H]1C=CS(=O)(=O)C1. The maximum Gasteiger partial charge on any atom is 0.173 e. The third-order valence-electron chi connectivity index (χ3n) is 2.98. The molecule has 0 bridgehead atoms. The first-order chi connectivity index (χ1) is 9.02. The number of benzene rings is 1. The lowest BCUT2D eigenvalue weighted by molar-refractivity contribution is 0.371. The van der Waals surface area contributed by atoms with Crippen LogP contribution in [0.4, 0.5) is 0 Å². The fraction of sp³-hybridized carbons (Fsp3) is 0.308. The second-order valence-electron chi connectivity index (χ2n) is 4.39. The predicted molar refractivity (Wildman–Crippen MR) is 80.4 cm³/mol. The second-order valence-corrected chi connectivity index (χ2v) is 6.71. The lowest BCUT2D eigenvalue weighted by Crippen LogP contribution is -2.44. The van der Waals surface area contributed by atoms with Crippen LogP contribution in [-0.4, -0.2) is 37.3 Å². The molecular weight excluding hydrogens is 280 g/mol. The molecular formula is C13H16N2O2S2. The van der Waals surface area contributed by atoms with Crippen molar-refractivity contribution in [2.45, 2.75) is 12.6 Å². The lowest BCUT2D eigenvalue weighted by atomic mass is 10.2. The van der Waals surface area contributed by atoms with E-state index in [0.29, 0.717) is 11.7 Å². The van der Waals surface area contributed by atoms with Gasteiger partial charge in [-0.15, -0.1) is 0 Å². The van der Waals surface area contributed by atoms with E-state index in [1.807, 2.05) is 35.2 Å². The van der Waals surface area contributed by atoms with Crippen molar-refractivity contribution < 1.29 is 8.42 Å². The number of sulfone groups is 1. The second kappa shape index (κ2) is 5.71. The zero-order chi connectivity index (χ0) is 13.9. The molecule has 0 aliphatic carbocycles. The van der Waals surface area contributed by atoms with Gasteiger partial charge in [0.05, 0.1) is 11.8 Å². The van der Waals surface area contributed by atoms with Crippen LogP contribution in [0.3, 0.4) is 0 Å². The van der Waals surface area contributed by atoms with Crippen LogP contribution in [-0.2, 0) is 16.4 Å². The van der Waals surface area contributed by atoms with Crippen LogP contribution in [0.2, 0.25) is 0 Å². The molecule has 4 nitrogen and oxygen atoms in total. The van der Waals surface area contributed by atoms with Crippen molar-refractivity contribution in [2.24, 2.45) is 0 Å². The molecule has 0 spiro atoms. The van der Waals surface area contributed by atoms with Crippen molar-refractivity contribution in [3.63, 3.8) is 0 Å². The molecule has 1 heterocycles. The maximum atomic E-state index is 11.5. The van der Waals surface area contributed by atoms with E-state index in [0.717, 1.165) is 5.56 Å². The quantitative estimate of drug-likeness (QED) is 0.852. The van der Waals surface area contributed by atoms with Crippen molar-refractivity contribution in [3.05, 3.63) is 47.4 Å². The van der Waals surface area contributed by atoms with Crippen molar-refractivity contribution in [1.29, 1.82) is 0 Å². The summed E-state index contributed by atoms with van der Waals surface area (Å²) < 4.78 is 23.1. The molecule has 102 valence electrons. The summed E-state index contributed by atoms with van der Waals surface area (Å²) >= 11 is 5.27. The molecule has 1 aromatic rings. The minimum Gasteiger partial charge on any atom is -0.366 e. The Labute approximate surface area is 119 Å². The predicted octanol–water partition coefficient (Wildman–Crippen LogP) is 1.30. The Bertz CT molecular complexity index is 582. The van der Waals surface area contributed by atoms with Crippen LogP contribution >= 0.6 is 12.2 Å². The van der Waals surface area contributed by atoms with Gasteiger partial charge in [0.25, 0.3) is 0 Å². The molecule has 1 aliphatic rings. The Morgan fingerprint density at radius 1 is 1.42 bits per heavy atom. The highest BCUT2D eigenvalue weighted by atomic mass is 32.2. The summed E-state index contributed by atoms with van der Waals surface area (Å²) in [4.78, 5) is 1.89. The van der Waals surface area contributed by atoms with Gasteiger partial charge in [-0.2, -0.15) is 0 Å². The molecule has 6 heteroatoms. The number of hydrogen-bond donors (Lipinski definition) is 1. The zero-order valence-electron chi connectivity index (χ0n) is 10.6. The number of hydrogen-bond acceptors (Lipinski definition) is 3. The average Bonchev–Trinajstić information content (AvgIpc) is 2.76. The van der Waals surface area contributed by atoms with Crippen LogP contribution in [0.25, 0.3) is 0 Å². The van der Waals surface area contributed by atoms with E-state index < -0.39 is 9.84 Å². The summed E-state index contributed by atoms with van der Waals surface area (Å²) in [6.45, 7) is 0.588. The van der Waals surface area contributed by atoms with Gasteiger partial charge in [-0.05, 0) is 23.9 Å². The number of thiocarbonyl (C=S) groups is 1. The molecule has 0 saturated heterocycles. The minimum atomic E-state index is -3.08. The molecule has 1 atom stereocenters. The first-order valence-corrected chi connectivity index (χ1v) is 8.07. The van der Waals surface area contributed by atoms with Crippen LogP contribution in [0, 0.1) is 0 Å². The van der Waals surface area contributed by atoms with E-state index >= 15 is 0 Å². The highest BCUT2D eigenvalue weighted by molar-refractivity contribution is 7.94. The third-order valence-corrected chi connectivity index (χ3v) is 4.80. The van der Waals surface area contributed by atoms with Crippen LogP contribution in [0.15, 0.2) is 41.8 Å². The fourth-order valence-electron chi connectivity index (χ4n) is 2.02. The highest BCUT2D eigenvalue weighted by Gasteiger charge is 2.28. The van der Waals surface area contributed by atoms with E-state index in [9.17, 15) is 8.42 Å². The molecule has 0 saturated carbocycles. The monoisotopic (exact) mass is 296 g/mol. The van der Waals surface area contributed by atoms with Crippen molar-refractivity contribution in [2.75, 3.05) is 12.8 Å². The summed E-state index contributed by atoms with van der Waals surface area (Å²) in [5, 5.41) is 4.74. The van der Waals surface area contributed by atoms with Crippen molar-refractivity contribution in [1.82, 2.24) is 10.2 Å². The number of rotatable bonds is 3. The Morgan fingerprint density at radius 2 is 2.11 bits per heavy atom. The summed E-state index contributed by atoms with van der Waals surface area (Å²) in [5.74, 6) is 0.0850.